The zero-order valence-electron chi connectivity index (χ0n) is 9.99. The molecule has 0 spiro atoms. The number of hydrogen-bond acceptors (Lipinski definition) is 3. The van der Waals surface area contributed by atoms with Crippen molar-refractivity contribution < 1.29 is 9.53 Å². The summed E-state index contributed by atoms with van der Waals surface area (Å²) < 4.78 is 5.06. The van der Waals surface area contributed by atoms with Crippen molar-refractivity contribution in [2.45, 2.75) is 13.0 Å². The van der Waals surface area contributed by atoms with E-state index in [1.165, 1.54) is 0 Å². The van der Waals surface area contributed by atoms with Crippen LogP contribution in [0.25, 0.3) is 0 Å². The van der Waals surface area contributed by atoms with Crippen molar-refractivity contribution in [3.63, 3.8) is 0 Å². The normalized spacial score (nSPS) is 11.4. The molecule has 1 unspecified atom stereocenters. The molecule has 0 aliphatic carbocycles. The van der Waals surface area contributed by atoms with E-state index < -0.39 is 0 Å². The average molecular weight is 232 g/mol. The quantitative estimate of drug-likeness (QED) is 0.751. The van der Waals surface area contributed by atoms with E-state index in [0.717, 1.165) is 0 Å². The van der Waals surface area contributed by atoms with Crippen molar-refractivity contribution in [3.05, 3.63) is 24.3 Å². The largest absolute Gasteiger partial charge is 0.497 e. The lowest BCUT2D eigenvalue weighted by Gasteiger charge is -2.09. The van der Waals surface area contributed by atoms with Gasteiger partial charge in [0, 0.05) is 11.8 Å². The van der Waals surface area contributed by atoms with Crippen molar-refractivity contribution in [3.8, 4) is 18.1 Å². The molecular weight excluding hydrogens is 216 g/mol. The first-order valence-electron chi connectivity index (χ1n) is 5.29. The van der Waals surface area contributed by atoms with Crippen molar-refractivity contribution in [1.82, 2.24) is 5.32 Å². The number of carbonyl (C=O) groups excluding carboxylic acids is 1. The summed E-state index contributed by atoms with van der Waals surface area (Å²) in [6.07, 6.45) is 5.19. The molecule has 2 N–H and O–H groups in total. The Balaban J connectivity index is 2.48. The van der Waals surface area contributed by atoms with Gasteiger partial charge in [-0.25, -0.2) is 0 Å². The number of hydrogen-bond donors (Lipinski definition) is 2. The lowest BCUT2D eigenvalue weighted by Crippen LogP contribution is -2.33. The number of carbonyl (C=O) groups is 1. The topological polar surface area (TPSA) is 50.4 Å². The Morgan fingerprint density at radius 1 is 1.59 bits per heavy atom. The molecular formula is C13H16N2O2. The van der Waals surface area contributed by atoms with Crippen LogP contribution < -0.4 is 15.4 Å². The van der Waals surface area contributed by atoms with Crippen LogP contribution >= 0.6 is 0 Å². The molecule has 0 aliphatic rings. The molecule has 4 heteroatoms. The summed E-state index contributed by atoms with van der Waals surface area (Å²) in [5.74, 6) is 3.05. The zero-order valence-corrected chi connectivity index (χ0v) is 9.99. The zero-order chi connectivity index (χ0) is 12.7. The van der Waals surface area contributed by atoms with Crippen LogP contribution in [0.1, 0.15) is 6.92 Å². The van der Waals surface area contributed by atoms with Crippen LogP contribution in [0.5, 0.6) is 5.75 Å². The fraction of sp³-hybridized carbons (Fsp3) is 0.308. The molecule has 17 heavy (non-hydrogen) atoms. The summed E-state index contributed by atoms with van der Waals surface area (Å²) in [5.41, 5.74) is 0.699. The molecule has 0 aliphatic heterocycles. The van der Waals surface area contributed by atoms with Gasteiger partial charge in [-0.3, -0.25) is 10.1 Å². The molecule has 0 fully saturated rings. The van der Waals surface area contributed by atoms with Crippen LogP contribution in [0.3, 0.4) is 0 Å². The number of ether oxygens (including phenoxy) is 1. The molecule has 1 atom stereocenters. The summed E-state index contributed by atoms with van der Waals surface area (Å²) in [7, 11) is 1.58. The minimum Gasteiger partial charge on any atom is -0.497 e. The highest BCUT2D eigenvalue weighted by atomic mass is 16.5. The number of anilines is 1. The van der Waals surface area contributed by atoms with E-state index in [2.05, 4.69) is 16.6 Å². The third kappa shape index (κ3) is 4.58. The van der Waals surface area contributed by atoms with Gasteiger partial charge in [-0.1, -0.05) is 12.0 Å². The van der Waals surface area contributed by atoms with Crippen molar-refractivity contribution in [2.24, 2.45) is 0 Å². The number of benzene rings is 1. The molecule has 1 aromatic rings. The first kappa shape index (κ1) is 13.1. The maximum atomic E-state index is 11.5. The monoisotopic (exact) mass is 232 g/mol. The molecule has 4 nitrogen and oxygen atoms in total. The van der Waals surface area contributed by atoms with Crippen molar-refractivity contribution in [2.75, 3.05) is 19.0 Å². The minimum absolute atomic E-state index is 0.119. The molecule has 0 bridgehead atoms. The highest BCUT2D eigenvalue weighted by Gasteiger charge is 2.04. The summed E-state index contributed by atoms with van der Waals surface area (Å²) in [4.78, 5) is 11.5. The van der Waals surface area contributed by atoms with Gasteiger partial charge in [0.1, 0.15) is 5.75 Å². The van der Waals surface area contributed by atoms with E-state index >= 15 is 0 Å². The first-order valence-corrected chi connectivity index (χ1v) is 5.29. The highest BCUT2D eigenvalue weighted by Crippen LogP contribution is 2.16. The maximum Gasteiger partial charge on any atom is 0.238 e. The van der Waals surface area contributed by atoms with Gasteiger partial charge in [0.25, 0.3) is 0 Å². The van der Waals surface area contributed by atoms with Gasteiger partial charge in [0.15, 0.2) is 0 Å². The van der Waals surface area contributed by atoms with Crippen LogP contribution in [0.4, 0.5) is 5.69 Å². The minimum atomic E-state index is -0.139. The summed E-state index contributed by atoms with van der Waals surface area (Å²) in [6, 6.07) is 7.06. The van der Waals surface area contributed by atoms with Gasteiger partial charge in [-0.05, 0) is 19.1 Å². The lowest BCUT2D eigenvalue weighted by atomic mass is 10.3. The van der Waals surface area contributed by atoms with Crippen molar-refractivity contribution in [1.29, 1.82) is 0 Å². The Morgan fingerprint density at radius 3 is 3.00 bits per heavy atom. The van der Waals surface area contributed by atoms with E-state index in [-0.39, 0.29) is 18.5 Å². The van der Waals surface area contributed by atoms with Crippen LogP contribution in [-0.4, -0.2) is 25.6 Å². The second kappa shape index (κ2) is 6.56. The van der Waals surface area contributed by atoms with E-state index in [4.69, 9.17) is 11.2 Å². The van der Waals surface area contributed by atoms with Gasteiger partial charge >= 0.3 is 0 Å². The third-order valence-electron chi connectivity index (χ3n) is 2.17. The molecule has 1 rings (SSSR count). The molecule has 0 saturated heterocycles. The molecule has 0 aromatic heterocycles. The Bertz CT molecular complexity index is 424. The average Bonchev–Trinajstić information content (AvgIpc) is 2.36. The third-order valence-corrected chi connectivity index (χ3v) is 2.17. The van der Waals surface area contributed by atoms with Gasteiger partial charge in [-0.15, -0.1) is 6.42 Å². The SMILES string of the molecule is C#CC(C)NCC(=O)Nc1cccc(OC)c1. The lowest BCUT2D eigenvalue weighted by molar-refractivity contribution is -0.115. The number of terminal acetylenes is 1. The predicted octanol–water partition coefficient (Wildman–Crippen LogP) is 1.24. The van der Waals surface area contributed by atoms with Crippen molar-refractivity contribution >= 4 is 11.6 Å². The smallest absolute Gasteiger partial charge is 0.238 e. The number of rotatable bonds is 5. The summed E-state index contributed by atoms with van der Waals surface area (Å²) in [6.45, 7) is 2.00. The fourth-order valence-corrected chi connectivity index (χ4v) is 1.21. The van der Waals surface area contributed by atoms with E-state index in [1.54, 1.807) is 19.2 Å². The Hall–Kier alpha value is -1.99. The molecule has 90 valence electrons. The second-order valence-corrected chi connectivity index (χ2v) is 3.55. The number of amides is 1. The first-order chi connectivity index (χ1) is 8.15. The number of methoxy groups -OCH3 is 1. The van der Waals surface area contributed by atoms with Gasteiger partial charge in [0.2, 0.25) is 5.91 Å². The molecule has 1 amide bonds. The molecule has 0 radical (unpaired) electrons. The number of nitrogens with one attached hydrogen (secondary N) is 2. The second-order valence-electron chi connectivity index (χ2n) is 3.55. The van der Waals surface area contributed by atoms with E-state index in [1.807, 2.05) is 19.1 Å². The van der Waals surface area contributed by atoms with Crippen LogP contribution in [0, 0.1) is 12.3 Å². The Morgan fingerprint density at radius 2 is 2.35 bits per heavy atom. The molecule has 1 aromatic carbocycles. The van der Waals surface area contributed by atoms with Gasteiger partial charge in [-0.2, -0.15) is 0 Å². The summed E-state index contributed by atoms with van der Waals surface area (Å²) in [5, 5.41) is 5.65. The van der Waals surface area contributed by atoms with Gasteiger partial charge in [0.05, 0.1) is 19.7 Å². The predicted molar refractivity (Wildman–Crippen MR) is 67.9 cm³/mol. The Kier molecular flexibility index (Phi) is 5.05. The fourth-order valence-electron chi connectivity index (χ4n) is 1.21. The van der Waals surface area contributed by atoms with Gasteiger partial charge < -0.3 is 10.1 Å². The van der Waals surface area contributed by atoms with E-state index in [0.29, 0.717) is 11.4 Å². The Labute approximate surface area is 101 Å². The molecule has 0 saturated carbocycles. The maximum absolute atomic E-state index is 11.5. The van der Waals surface area contributed by atoms with Crippen LogP contribution in [-0.2, 0) is 4.79 Å². The van der Waals surface area contributed by atoms with Crippen LogP contribution in [0.2, 0.25) is 0 Å². The van der Waals surface area contributed by atoms with E-state index in [9.17, 15) is 4.79 Å². The van der Waals surface area contributed by atoms with Crippen LogP contribution in [0.15, 0.2) is 24.3 Å². The molecule has 0 heterocycles. The summed E-state index contributed by atoms with van der Waals surface area (Å²) >= 11 is 0. The highest BCUT2D eigenvalue weighted by molar-refractivity contribution is 5.92. The standard InChI is InChI=1S/C13H16N2O2/c1-4-10(2)14-9-13(16)15-11-6-5-7-12(8-11)17-3/h1,5-8,10,14H,9H2,2-3H3,(H,15,16).